The van der Waals surface area contributed by atoms with E-state index in [4.69, 9.17) is 18.9 Å². The molecule has 2 aromatic carbocycles. The molecule has 1 aromatic heterocycles. The number of carbonyl (C=O) groups excluding carboxylic acids is 3. The Balaban J connectivity index is 1.75. The van der Waals surface area contributed by atoms with Crippen molar-refractivity contribution in [2.75, 3.05) is 59.5 Å². The number of nitrogens with zero attached hydrogens (tertiary/aromatic N) is 2. The fourth-order valence-corrected chi connectivity index (χ4v) is 5.28. The third-order valence-electron chi connectivity index (χ3n) is 6.65. The highest BCUT2D eigenvalue weighted by molar-refractivity contribution is 7.11. The highest BCUT2D eigenvalue weighted by atomic mass is 32.1. The van der Waals surface area contributed by atoms with Crippen LogP contribution in [-0.2, 0) is 27.2 Å². The first-order valence-corrected chi connectivity index (χ1v) is 15.0. The molecule has 0 bridgehead atoms. The molecule has 232 valence electrons. The van der Waals surface area contributed by atoms with E-state index in [1.54, 1.807) is 68.8 Å². The number of urea groups is 1. The average Bonchev–Trinajstić information content (AvgIpc) is 3.43. The van der Waals surface area contributed by atoms with E-state index >= 15 is 0 Å². The summed E-state index contributed by atoms with van der Waals surface area (Å²) in [4.78, 5) is 44.6. The number of aryl methyl sites for hydroxylation is 1. The highest BCUT2D eigenvalue weighted by Crippen LogP contribution is 2.28. The summed E-state index contributed by atoms with van der Waals surface area (Å²) >= 11 is 1.64. The van der Waals surface area contributed by atoms with Crippen LogP contribution in [0.25, 0.3) is 0 Å². The van der Waals surface area contributed by atoms with Gasteiger partial charge in [-0.2, -0.15) is 0 Å². The van der Waals surface area contributed by atoms with E-state index in [1.807, 2.05) is 37.3 Å². The van der Waals surface area contributed by atoms with Crippen LogP contribution in [0.3, 0.4) is 0 Å². The number of esters is 1. The largest absolute Gasteiger partial charge is 0.493 e. The normalized spacial score (nSPS) is 10.6. The Morgan fingerprint density at radius 1 is 0.884 bits per heavy atom. The van der Waals surface area contributed by atoms with Gasteiger partial charge in [-0.25, -0.2) is 9.59 Å². The number of nitrogens with one attached hydrogen (secondary N) is 1. The first kappa shape index (κ1) is 33.4. The SMILES string of the molecule is CCOC(=O)c1ccc(NC(=O)N(CCCOC)CC(=O)N(CCc2ccc(OC)c(OC)c2)Cc2ccc(C)s2)cc1. The molecule has 0 fully saturated rings. The summed E-state index contributed by atoms with van der Waals surface area (Å²) in [5, 5.41) is 2.85. The predicted octanol–water partition coefficient (Wildman–Crippen LogP) is 5.39. The zero-order valence-electron chi connectivity index (χ0n) is 25.5. The maximum Gasteiger partial charge on any atom is 0.338 e. The van der Waals surface area contributed by atoms with Crippen LogP contribution >= 0.6 is 11.3 Å². The summed E-state index contributed by atoms with van der Waals surface area (Å²) in [5.41, 5.74) is 1.89. The van der Waals surface area contributed by atoms with Crippen molar-refractivity contribution in [3.63, 3.8) is 0 Å². The van der Waals surface area contributed by atoms with Crippen molar-refractivity contribution in [2.24, 2.45) is 0 Å². The van der Waals surface area contributed by atoms with Gasteiger partial charge in [0.05, 0.1) is 32.9 Å². The van der Waals surface area contributed by atoms with Crippen LogP contribution in [0.2, 0.25) is 0 Å². The van der Waals surface area contributed by atoms with Crippen LogP contribution in [0.5, 0.6) is 11.5 Å². The first-order chi connectivity index (χ1) is 20.8. The van der Waals surface area contributed by atoms with E-state index in [0.717, 1.165) is 15.3 Å². The quantitative estimate of drug-likeness (QED) is 0.171. The standard InChI is InChI=1S/C32H41N3O7S/c1-6-42-31(37)25-10-12-26(13-11-25)33-32(38)35(17-7-19-39-3)22-30(36)34(21-27-14-8-23(2)43-27)18-16-24-9-15-28(40-4)29(20-24)41-5/h8-15,20H,6-7,16-19,21-22H2,1-5H3,(H,33,38). The molecule has 0 aliphatic carbocycles. The van der Waals surface area contributed by atoms with E-state index in [2.05, 4.69) is 5.32 Å². The molecule has 0 radical (unpaired) electrons. The molecule has 1 N–H and O–H groups in total. The van der Waals surface area contributed by atoms with Gasteiger partial charge in [0.1, 0.15) is 6.54 Å². The number of hydrogen-bond donors (Lipinski definition) is 1. The molecular formula is C32H41N3O7S. The van der Waals surface area contributed by atoms with E-state index in [0.29, 0.717) is 61.8 Å². The minimum atomic E-state index is -0.429. The third-order valence-corrected chi connectivity index (χ3v) is 7.64. The molecule has 11 heteroatoms. The molecule has 0 saturated carbocycles. The lowest BCUT2D eigenvalue weighted by Crippen LogP contribution is -2.45. The van der Waals surface area contributed by atoms with Crippen LogP contribution in [0, 0.1) is 6.92 Å². The molecule has 43 heavy (non-hydrogen) atoms. The van der Waals surface area contributed by atoms with Crippen LogP contribution in [0.4, 0.5) is 10.5 Å². The molecule has 3 aromatic rings. The molecule has 3 amide bonds. The van der Waals surface area contributed by atoms with Crippen molar-refractivity contribution in [1.29, 1.82) is 0 Å². The summed E-state index contributed by atoms with van der Waals surface area (Å²) in [6.07, 6.45) is 1.16. The van der Waals surface area contributed by atoms with Crippen LogP contribution < -0.4 is 14.8 Å². The van der Waals surface area contributed by atoms with Gasteiger partial charge in [-0.1, -0.05) is 6.07 Å². The molecule has 10 nitrogen and oxygen atoms in total. The van der Waals surface area contributed by atoms with Crippen molar-refractivity contribution in [3.05, 3.63) is 75.5 Å². The predicted molar refractivity (Wildman–Crippen MR) is 167 cm³/mol. The lowest BCUT2D eigenvalue weighted by molar-refractivity contribution is -0.132. The van der Waals surface area contributed by atoms with Gasteiger partial charge in [0.2, 0.25) is 5.91 Å². The molecule has 0 atom stereocenters. The van der Waals surface area contributed by atoms with Gasteiger partial charge in [-0.15, -0.1) is 11.3 Å². The maximum absolute atomic E-state index is 13.8. The smallest absolute Gasteiger partial charge is 0.338 e. The van der Waals surface area contributed by atoms with Crippen molar-refractivity contribution >= 4 is 34.9 Å². The Kier molecular flexibility index (Phi) is 13.3. The van der Waals surface area contributed by atoms with Gasteiger partial charge < -0.3 is 34.1 Å². The van der Waals surface area contributed by atoms with E-state index in [9.17, 15) is 14.4 Å². The van der Waals surface area contributed by atoms with E-state index in [-0.39, 0.29) is 19.1 Å². The molecule has 0 unspecified atom stereocenters. The maximum atomic E-state index is 13.8. The second-order valence-electron chi connectivity index (χ2n) is 9.76. The minimum Gasteiger partial charge on any atom is -0.493 e. The van der Waals surface area contributed by atoms with Crippen molar-refractivity contribution in [3.8, 4) is 11.5 Å². The zero-order valence-corrected chi connectivity index (χ0v) is 26.3. The Bertz CT molecular complexity index is 1340. The number of thiophene rings is 1. The Morgan fingerprint density at radius 3 is 2.26 bits per heavy atom. The van der Waals surface area contributed by atoms with Crippen molar-refractivity contribution < 1.29 is 33.3 Å². The van der Waals surface area contributed by atoms with Crippen molar-refractivity contribution in [2.45, 2.75) is 33.2 Å². The number of anilines is 1. The summed E-state index contributed by atoms with van der Waals surface area (Å²) < 4.78 is 21.0. The fraction of sp³-hybridized carbons (Fsp3) is 0.406. The molecule has 0 aliphatic heterocycles. The van der Waals surface area contributed by atoms with E-state index < -0.39 is 12.0 Å². The Labute approximate surface area is 257 Å². The van der Waals surface area contributed by atoms with Crippen molar-refractivity contribution in [1.82, 2.24) is 9.80 Å². The van der Waals surface area contributed by atoms with Gasteiger partial charge in [-0.05, 0) is 80.8 Å². The van der Waals surface area contributed by atoms with Crippen LogP contribution in [-0.4, -0.2) is 81.9 Å². The topological polar surface area (TPSA) is 107 Å². The molecule has 0 saturated heterocycles. The molecule has 0 aliphatic rings. The number of ether oxygens (including phenoxy) is 4. The minimum absolute atomic E-state index is 0.104. The number of benzene rings is 2. The van der Waals surface area contributed by atoms with E-state index in [1.165, 1.54) is 4.90 Å². The number of methoxy groups -OCH3 is 3. The second-order valence-corrected chi connectivity index (χ2v) is 11.1. The summed E-state index contributed by atoms with van der Waals surface area (Å²) in [6.45, 7) is 5.61. The molecule has 0 spiro atoms. The van der Waals surface area contributed by atoms with Gasteiger partial charge in [0.25, 0.3) is 0 Å². The Hall–Kier alpha value is -4.09. The van der Waals surface area contributed by atoms with Gasteiger partial charge >= 0.3 is 12.0 Å². The molecule has 1 heterocycles. The zero-order chi connectivity index (χ0) is 31.2. The number of amides is 3. The first-order valence-electron chi connectivity index (χ1n) is 14.1. The monoisotopic (exact) mass is 611 g/mol. The van der Waals surface area contributed by atoms with Crippen LogP contribution in [0.1, 0.15) is 39.0 Å². The summed E-state index contributed by atoms with van der Waals surface area (Å²) in [5.74, 6) is 0.669. The summed E-state index contributed by atoms with van der Waals surface area (Å²) in [6, 6.07) is 15.8. The lowest BCUT2D eigenvalue weighted by Gasteiger charge is -2.28. The number of rotatable bonds is 16. The Morgan fingerprint density at radius 2 is 1.63 bits per heavy atom. The van der Waals surface area contributed by atoms with Gasteiger partial charge in [0.15, 0.2) is 11.5 Å². The number of carbonyl (C=O) groups is 3. The fourth-order valence-electron chi connectivity index (χ4n) is 4.37. The lowest BCUT2D eigenvalue weighted by atomic mass is 10.1. The second kappa shape index (κ2) is 17.1. The summed E-state index contributed by atoms with van der Waals surface area (Å²) in [7, 11) is 4.78. The highest BCUT2D eigenvalue weighted by Gasteiger charge is 2.22. The van der Waals surface area contributed by atoms with Gasteiger partial charge in [0, 0.05) is 42.2 Å². The third kappa shape index (κ3) is 10.3. The average molecular weight is 612 g/mol. The van der Waals surface area contributed by atoms with Gasteiger partial charge in [-0.3, -0.25) is 4.79 Å². The molecule has 3 rings (SSSR count). The van der Waals surface area contributed by atoms with Crippen LogP contribution in [0.15, 0.2) is 54.6 Å². The molecular weight excluding hydrogens is 570 g/mol. The number of hydrogen-bond acceptors (Lipinski definition) is 8.